The van der Waals surface area contributed by atoms with Gasteiger partial charge in [0, 0.05) is 42.0 Å². The lowest BCUT2D eigenvalue weighted by molar-refractivity contribution is 0.415. The summed E-state index contributed by atoms with van der Waals surface area (Å²) in [4.78, 5) is 0. The van der Waals surface area contributed by atoms with Crippen molar-refractivity contribution in [3.05, 3.63) is 114 Å². The van der Waals surface area contributed by atoms with Crippen LogP contribution in [0, 0.1) is 0 Å². The van der Waals surface area contributed by atoms with Crippen molar-refractivity contribution in [1.29, 1.82) is 0 Å². The van der Waals surface area contributed by atoms with Crippen LogP contribution in [0.15, 0.2) is 69.6 Å². The number of aromatic hydroxyl groups is 4. The van der Waals surface area contributed by atoms with Crippen LogP contribution in [0.4, 0.5) is 0 Å². The zero-order valence-corrected chi connectivity index (χ0v) is 25.1. The fourth-order valence-electron chi connectivity index (χ4n) is 8.34. The van der Waals surface area contributed by atoms with Crippen molar-refractivity contribution in [2.45, 2.75) is 62.2 Å². The summed E-state index contributed by atoms with van der Waals surface area (Å²) in [5, 5.41) is 41.5. The number of fused-ring (bicyclic) bond motifs is 8. The lowest BCUT2D eigenvalue weighted by Gasteiger charge is -2.28. The molecule has 0 heterocycles. The SMILES string of the molecule is Oc1ccc(Br)c2c1C1(CC2)CCc2c(Br)ccc(O)c21.Oc1cccc2c1C1(CC2)CCc2cccc(O)c21. The highest BCUT2D eigenvalue weighted by Crippen LogP contribution is 2.59. The molecule has 4 nitrogen and oxygen atoms in total. The maximum Gasteiger partial charge on any atom is 0.120 e. The highest BCUT2D eigenvalue weighted by molar-refractivity contribution is 9.10. The number of hydrogen-bond acceptors (Lipinski definition) is 4. The van der Waals surface area contributed by atoms with Gasteiger partial charge < -0.3 is 20.4 Å². The Bertz CT molecular complexity index is 1570. The molecule has 0 aliphatic heterocycles. The average Bonchev–Trinajstić information content (AvgIpc) is 3.71. The molecule has 2 spiro atoms. The number of halogens is 2. The first-order valence-electron chi connectivity index (χ1n) is 13.9. The highest BCUT2D eigenvalue weighted by Gasteiger charge is 2.49. The molecule has 8 rings (SSSR count). The Kier molecular flexibility index (Phi) is 6.03. The molecular formula is C34H30Br2O4. The van der Waals surface area contributed by atoms with Crippen LogP contribution < -0.4 is 0 Å². The van der Waals surface area contributed by atoms with Gasteiger partial charge >= 0.3 is 0 Å². The Hall–Kier alpha value is -2.96. The second kappa shape index (κ2) is 9.28. The Morgan fingerprint density at radius 3 is 1.27 bits per heavy atom. The molecule has 6 heteroatoms. The molecular weight excluding hydrogens is 632 g/mol. The summed E-state index contributed by atoms with van der Waals surface area (Å²) in [6.45, 7) is 0. The fraction of sp³-hybridized carbons (Fsp3) is 0.294. The van der Waals surface area contributed by atoms with E-state index in [1.54, 1.807) is 24.3 Å². The van der Waals surface area contributed by atoms with Crippen molar-refractivity contribution >= 4 is 31.9 Å². The largest absolute Gasteiger partial charge is 0.508 e. The van der Waals surface area contributed by atoms with Crippen molar-refractivity contribution in [2.24, 2.45) is 0 Å². The number of rotatable bonds is 0. The summed E-state index contributed by atoms with van der Waals surface area (Å²) >= 11 is 7.20. The van der Waals surface area contributed by atoms with E-state index in [1.165, 1.54) is 22.3 Å². The fourth-order valence-corrected chi connectivity index (χ4v) is 9.40. The molecule has 0 saturated carbocycles. The normalized spacial score (nSPS) is 18.2. The number of phenolic OH excluding ortho intramolecular Hbond substituents is 4. The lowest BCUT2D eigenvalue weighted by Crippen LogP contribution is -2.21. The first-order valence-corrected chi connectivity index (χ1v) is 15.5. The Morgan fingerprint density at radius 2 is 0.825 bits per heavy atom. The third-order valence-corrected chi connectivity index (χ3v) is 11.4. The van der Waals surface area contributed by atoms with Crippen LogP contribution in [-0.4, -0.2) is 20.4 Å². The molecule has 4 aliphatic carbocycles. The molecule has 0 fully saturated rings. The first-order chi connectivity index (χ1) is 19.3. The average molecular weight is 662 g/mol. The van der Waals surface area contributed by atoms with Crippen LogP contribution in [0.25, 0.3) is 0 Å². The number of aryl methyl sites for hydroxylation is 2. The summed E-state index contributed by atoms with van der Waals surface area (Å²) in [6, 6.07) is 18.9. The minimum absolute atomic E-state index is 0.165. The van der Waals surface area contributed by atoms with Gasteiger partial charge in [0.1, 0.15) is 23.0 Å². The minimum atomic E-state index is -0.244. The van der Waals surface area contributed by atoms with Crippen LogP contribution >= 0.6 is 31.9 Å². The van der Waals surface area contributed by atoms with Gasteiger partial charge in [0.25, 0.3) is 0 Å². The standard InChI is InChI=1S/C17H14Br2O2.C17H16O2/c18-11-1-3-13(20)15-9(11)5-7-17(15)8-6-10-12(19)2-4-14(21)16(10)17;18-13-5-1-3-11-7-9-17(15(11)13)10-8-12-4-2-6-14(19)16(12)17/h1-4,20-21H,5-8H2;1-6,18-19H,7-10H2. The van der Waals surface area contributed by atoms with E-state index in [1.807, 2.05) is 24.3 Å². The zero-order chi connectivity index (χ0) is 27.8. The molecule has 40 heavy (non-hydrogen) atoms. The Morgan fingerprint density at radius 1 is 0.450 bits per heavy atom. The van der Waals surface area contributed by atoms with Crippen molar-refractivity contribution in [2.75, 3.05) is 0 Å². The molecule has 0 aromatic heterocycles. The lowest BCUT2D eigenvalue weighted by atomic mass is 9.76. The van der Waals surface area contributed by atoms with Gasteiger partial charge in [-0.2, -0.15) is 0 Å². The van der Waals surface area contributed by atoms with E-state index in [4.69, 9.17) is 0 Å². The Balaban J connectivity index is 0.000000133. The Labute approximate surface area is 250 Å². The zero-order valence-electron chi connectivity index (χ0n) is 22.0. The summed E-state index contributed by atoms with van der Waals surface area (Å²) in [6.07, 6.45) is 7.68. The second-order valence-electron chi connectivity index (χ2n) is 11.6. The van der Waals surface area contributed by atoms with E-state index in [0.717, 1.165) is 82.6 Å². The highest BCUT2D eigenvalue weighted by atomic mass is 79.9. The van der Waals surface area contributed by atoms with Crippen molar-refractivity contribution in [3.8, 4) is 23.0 Å². The van der Waals surface area contributed by atoms with Crippen LogP contribution in [0.1, 0.15) is 70.2 Å². The number of benzene rings is 4. The van der Waals surface area contributed by atoms with E-state index in [9.17, 15) is 20.4 Å². The van der Waals surface area contributed by atoms with E-state index in [-0.39, 0.29) is 10.8 Å². The van der Waals surface area contributed by atoms with Crippen LogP contribution in [0.5, 0.6) is 23.0 Å². The predicted octanol–water partition coefficient (Wildman–Crippen LogP) is 8.08. The number of hydrogen-bond donors (Lipinski definition) is 4. The van der Waals surface area contributed by atoms with Gasteiger partial charge in [-0.15, -0.1) is 0 Å². The topological polar surface area (TPSA) is 80.9 Å². The van der Waals surface area contributed by atoms with Crippen molar-refractivity contribution < 1.29 is 20.4 Å². The summed E-state index contributed by atoms with van der Waals surface area (Å²) < 4.78 is 2.10. The molecule has 0 radical (unpaired) electrons. The van der Waals surface area contributed by atoms with Crippen molar-refractivity contribution in [3.63, 3.8) is 0 Å². The maximum absolute atomic E-state index is 10.5. The van der Waals surface area contributed by atoms with Crippen LogP contribution in [0.3, 0.4) is 0 Å². The van der Waals surface area contributed by atoms with Gasteiger partial charge in [0.2, 0.25) is 0 Å². The molecule has 204 valence electrons. The van der Waals surface area contributed by atoms with E-state index >= 15 is 0 Å². The predicted molar refractivity (Wildman–Crippen MR) is 163 cm³/mol. The first kappa shape index (κ1) is 26.0. The maximum atomic E-state index is 10.5. The van der Waals surface area contributed by atoms with E-state index in [0.29, 0.717) is 23.0 Å². The van der Waals surface area contributed by atoms with Gasteiger partial charge in [-0.25, -0.2) is 0 Å². The third-order valence-electron chi connectivity index (χ3n) is 9.88. The molecule has 0 amide bonds. The molecule has 0 bridgehead atoms. The quantitative estimate of drug-likeness (QED) is 0.154. The van der Waals surface area contributed by atoms with E-state index < -0.39 is 0 Å². The van der Waals surface area contributed by atoms with Crippen LogP contribution in [-0.2, 0) is 36.5 Å². The molecule has 4 aliphatic rings. The smallest absolute Gasteiger partial charge is 0.120 e. The molecule has 4 aromatic rings. The van der Waals surface area contributed by atoms with Gasteiger partial charge in [0.05, 0.1) is 0 Å². The molecule has 0 saturated heterocycles. The van der Waals surface area contributed by atoms with Gasteiger partial charge in [0.15, 0.2) is 0 Å². The minimum Gasteiger partial charge on any atom is -0.508 e. The number of phenols is 4. The monoisotopic (exact) mass is 660 g/mol. The summed E-state index contributed by atoms with van der Waals surface area (Å²) in [7, 11) is 0. The molecule has 0 unspecified atom stereocenters. The third kappa shape index (κ3) is 3.54. The molecule has 0 atom stereocenters. The summed E-state index contributed by atoms with van der Waals surface area (Å²) in [5.41, 5.74) is 8.53. The molecule has 4 aromatic carbocycles. The van der Waals surface area contributed by atoms with Crippen molar-refractivity contribution in [1.82, 2.24) is 0 Å². The van der Waals surface area contributed by atoms with Gasteiger partial charge in [-0.3, -0.25) is 0 Å². The van der Waals surface area contributed by atoms with Gasteiger partial charge in [-0.05, 0) is 110 Å². The second-order valence-corrected chi connectivity index (χ2v) is 13.3. The molecule has 4 N–H and O–H groups in total. The van der Waals surface area contributed by atoms with Gasteiger partial charge in [-0.1, -0.05) is 56.1 Å². The van der Waals surface area contributed by atoms with Crippen LogP contribution in [0.2, 0.25) is 0 Å². The van der Waals surface area contributed by atoms with E-state index in [2.05, 4.69) is 44.0 Å². The summed E-state index contributed by atoms with van der Waals surface area (Å²) in [5.74, 6) is 1.45.